The highest BCUT2D eigenvalue weighted by Crippen LogP contribution is 2.23. The number of amides is 3. The zero-order chi connectivity index (χ0) is 15.7. The van der Waals surface area contributed by atoms with Crippen LogP contribution in [-0.4, -0.2) is 55.3 Å². The first-order valence-corrected chi connectivity index (χ1v) is 7.64. The second kappa shape index (κ2) is 6.06. The summed E-state index contributed by atoms with van der Waals surface area (Å²) in [7, 11) is 0. The third-order valence-corrected chi connectivity index (χ3v) is 4.57. The first kappa shape index (κ1) is 15.0. The summed E-state index contributed by atoms with van der Waals surface area (Å²) >= 11 is 5.84. The van der Waals surface area contributed by atoms with Crippen LogP contribution in [0, 0.1) is 0 Å². The third-order valence-electron chi connectivity index (χ3n) is 4.31. The number of carbonyl (C=O) groups excluding carboxylic acids is 3. The summed E-state index contributed by atoms with van der Waals surface area (Å²) in [6.07, 6.45) is 1.05. The van der Waals surface area contributed by atoms with Crippen LogP contribution in [0.5, 0.6) is 0 Å². The van der Waals surface area contributed by atoms with Crippen molar-refractivity contribution >= 4 is 35.5 Å². The van der Waals surface area contributed by atoms with E-state index in [4.69, 9.17) is 11.6 Å². The van der Waals surface area contributed by atoms with Crippen molar-refractivity contribution in [3.8, 4) is 0 Å². The maximum absolute atomic E-state index is 12.6. The van der Waals surface area contributed by atoms with Gasteiger partial charge in [0.25, 0.3) is 5.91 Å². The fourth-order valence-corrected chi connectivity index (χ4v) is 3.20. The Morgan fingerprint density at radius 3 is 2.36 bits per heavy atom. The van der Waals surface area contributed by atoms with Crippen LogP contribution in [-0.2, 0) is 14.4 Å². The molecule has 116 valence electrons. The summed E-state index contributed by atoms with van der Waals surface area (Å²) in [5.41, 5.74) is 0.563. The van der Waals surface area contributed by atoms with Gasteiger partial charge in [0.2, 0.25) is 12.3 Å². The molecule has 3 amide bonds. The molecule has 6 nitrogen and oxygen atoms in total. The summed E-state index contributed by atoms with van der Waals surface area (Å²) in [6.45, 7) is 2.63. The van der Waals surface area contributed by atoms with Crippen molar-refractivity contribution in [2.45, 2.75) is 12.5 Å². The number of nitrogens with zero attached hydrogens (tertiary/aromatic N) is 2. The molecule has 0 spiro atoms. The van der Waals surface area contributed by atoms with E-state index in [0.29, 0.717) is 36.9 Å². The van der Waals surface area contributed by atoms with Crippen LogP contribution < -0.4 is 9.80 Å². The van der Waals surface area contributed by atoms with E-state index in [1.165, 1.54) is 4.90 Å². The van der Waals surface area contributed by atoms with Crippen LogP contribution in [0.15, 0.2) is 24.3 Å². The molecule has 0 aliphatic carbocycles. The van der Waals surface area contributed by atoms with Crippen molar-refractivity contribution < 1.29 is 19.3 Å². The van der Waals surface area contributed by atoms with Gasteiger partial charge < -0.3 is 9.80 Å². The molecule has 1 aromatic carbocycles. The molecule has 1 aromatic rings. The number of hydrogen-bond acceptors (Lipinski definition) is 3. The minimum Gasteiger partial charge on any atom is -0.334 e. The molecule has 0 bridgehead atoms. The highest BCUT2D eigenvalue weighted by molar-refractivity contribution is 6.30. The zero-order valence-corrected chi connectivity index (χ0v) is 12.8. The van der Waals surface area contributed by atoms with Crippen molar-refractivity contribution in [2.75, 3.05) is 31.1 Å². The molecule has 0 unspecified atom stereocenters. The Morgan fingerprint density at radius 2 is 1.77 bits per heavy atom. The van der Waals surface area contributed by atoms with Gasteiger partial charge in [0.1, 0.15) is 0 Å². The number of imide groups is 1. The van der Waals surface area contributed by atoms with Crippen LogP contribution in [0.25, 0.3) is 0 Å². The van der Waals surface area contributed by atoms with Crippen molar-refractivity contribution in [1.29, 1.82) is 0 Å². The Morgan fingerprint density at radius 1 is 1.14 bits per heavy atom. The number of rotatable bonds is 3. The molecule has 7 heteroatoms. The van der Waals surface area contributed by atoms with E-state index in [1.807, 2.05) is 0 Å². The molecule has 2 aliphatic rings. The van der Waals surface area contributed by atoms with Crippen molar-refractivity contribution in [3.63, 3.8) is 0 Å². The lowest BCUT2D eigenvalue weighted by Crippen LogP contribution is -3.19. The highest BCUT2D eigenvalue weighted by Gasteiger charge is 2.46. The lowest BCUT2D eigenvalue weighted by molar-refractivity contribution is -0.918. The topological polar surface area (TPSA) is 62.1 Å². The van der Waals surface area contributed by atoms with Crippen LogP contribution in [0.4, 0.5) is 5.69 Å². The van der Waals surface area contributed by atoms with Crippen molar-refractivity contribution in [1.82, 2.24) is 4.90 Å². The molecule has 0 aromatic heterocycles. The summed E-state index contributed by atoms with van der Waals surface area (Å²) in [6, 6.07) is 6.35. The van der Waals surface area contributed by atoms with Gasteiger partial charge in [0.05, 0.1) is 38.3 Å². The van der Waals surface area contributed by atoms with Gasteiger partial charge in [-0.15, -0.1) is 0 Å². The molecular formula is C15H17ClN3O3+. The second-order valence-electron chi connectivity index (χ2n) is 5.60. The summed E-state index contributed by atoms with van der Waals surface area (Å²) in [5, 5.41) is 0.565. The van der Waals surface area contributed by atoms with E-state index < -0.39 is 0 Å². The number of carbonyl (C=O) groups is 3. The molecule has 2 saturated heterocycles. The van der Waals surface area contributed by atoms with Crippen LogP contribution in [0.3, 0.4) is 0 Å². The molecular weight excluding hydrogens is 306 g/mol. The minimum absolute atomic E-state index is 0.165. The predicted octanol–water partition coefficient (Wildman–Crippen LogP) is -0.671. The lowest BCUT2D eigenvalue weighted by atomic mass is 10.2. The molecule has 22 heavy (non-hydrogen) atoms. The molecule has 0 saturated carbocycles. The van der Waals surface area contributed by atoms with Crippen molar-refractivity contribution in [3.05, 3.63) is 29.3 Å². The Labute approximate surface area is 133 Å². The summed E-state index contributed by atoms with van der Waals surface area (Å²) < 4.78 is 0. The number of anilines is 1. The summed E-state index contributed by atoms with van der Waals surface area (Å²) in [4.78, 5) is 39.6. The predicted molar refractivity (Wildman–Crippen MR) is 80.7 cm³/mol. The van der Waals surface area contributed by atoms with Gasteiger partial charge in [0.15, 0.2) is 6.04 Å². The largest absolute Gasteiger partial charge is 0.334 e. The quantitative estimate of drug-likeness (QED) is 0.593. The van der Waals surface area contributed by atoms with E-state index >= 15 is 0 Å². The number of nitrogens with one attached hydrogen (secondary N) is 1. The molecule has 2 heterocycles. The van der Waals surface area contributed by atoms with Gasteiger partial charge in [-0.2, -0.15) is 0 Å². The fourth-order valence-electron chi connectivity index (χ4n) is 3.08. The molecule has 2 aliphatic heterocycles. The Balaban J connectivity index is 1.74. The van der Waals surface area contributed by atoms with Crippen LogP contribution >= 0.6 is 11.6 Å². The minimum atomic E-state index is -0.350. The number of piperazine rings is 1. The third kappa shape index (κ3) is 2.71. The average molecular weight is 323 g/mol. The standard InChI is InChI=1S/C15H16ClN3O3/c16-11-1-3-12(4-2-11)19-14(21)9-13(15(19)22)18-7-5-17(10-20)6-8-18/h1-4,10,13H,5-9H2/p+1/t13-/m1/s1. The van der Waals surface area contributed by atoms with Gasteiger partial charge >= 0.3 is 0 Å². The van der Waals surface area contributed by atoms with Crippen LogP contribution in [0.1, 0.15) is 6.42 Å². The van der Waals surface area contributed by atoms with Crippen molar-refractivity contribution in [2.24, 2.45) is 0 Å². The number of benzene rings is 1. The van der Waals surface area contributed by atoms with Gasteiger partial charge in [-0.05, 0) is 24.3 Å². The van der Waals surface area contributed by atoms with Gasteiger partial charge in [-0.3, -0.25) is 14.4 Å². The maximum Gasteiger partial charge on any atom is 0.292 e. The van der Waals surface area contributed by atoms with Gasteiger partial charge in [-0.1, -0.05) is 11.6 Å². The summed E-state index contributed by atoms with van der Waals surface area (Å²) in [5.74, 6) is -0.343. The monoisotopic (exact) mass is 322 g/mol. The average Bonchev–Trinajstić information content (AvgIpc) is 2.83. The van der Waals surface area contributed by atoms with E-state index in [-0.39, 0.29) is 24.3 Å². The number of hydrogen-bond donors (Lipinski definition) is 1. The van der Waals surface area contributed by atoms with Gasteiger partial charge in [-0.25, -0.2) is 4.90 Å². The molecule has 2 fully saturated rings. The first-order valence-electron chi connectivity index (χ1n) is 7.26. The number of quaternary nitrogens is 1. The maximum atomic E-state index is 12.6. The molecule has 1 atom stereocenters. The Bertz CT molecular complexity index is 597. The van der Waals surface area contributed by atoms with Crippen LogP contribution in [0.2, 0.25) is 5.02 Å². The van der Waals surface area contributed by atoms with E-state index in [1.54, 1.807) is 29.2 Å². The fraction of sp³-hybridized carbons (Fsp3) is 0.400. The zero-order valence-electron chi connectivity index (χ0n) is 12.0. The van der Waals surface area contributed by atoms with E-state index in [2.05, 4.69) is 0 Å². The lowest BCUT2D eigenvalue weighted by Gasteiger charge is -2.32. The highest BCUT2D eigenvalue weighted by atomic mass is 35.5. The molecule has 3 rings (SSSR count). The smallest absolute Gasteiger partial charge is 0.292 e. The Hall–Kier alpha value is -1.92. The Kier molecular flexibility index (Phi) is 4.13. The first-order chi connectivity index (χ1) is 10.6. The normalized spacial score (nSPS) is 23.2. The molecule has 1 N–H and O–H groups in total. The molecule has 0 radical (unpaired) electrons. The number of halogens is 1. The second-order valence-corrected chi connectivity index (χ2v) is 6.04. The van der Waals surface area contributed by atoms with Gasteiger partial charge in [0, 0.05) is 5.02 Å². The van der Waals surface area contributed by atoms with E-state index in [9.17, 15) is 14.4 Å². The van der Waals surface area contributed by atoms with E-state index in [0.717, 1.165) is 11.3 Å². The SMILES string of the molecule is O=CN1CC[NH+]([C@@H]2CC(=O)N(c3ccc(Cl)cc3)C2=O)CC1.